The van der Waals surface area contributed by atoms with Crippen LogP contribution in [0, 0.1) is 0 Å². The minimum Gasteiger partial charge on any atom is -0.369 e. The van der Waals surface area contributed by atoms with Crippen LogP contribution in [0.15, 0.2) is 0 Å². The predicted octanol–water partition coefficient (Wildman–Crippen LogP) is -1.60. The van der Waals surface area contributed by atoms with Gasteiger partial charge in [0.05, 0.1) is 12.6 Å². The smallest absolute Gasteiger partial charge is 0.236 e. The molecule has 1 rings (SSSR count). The van der Waals surface area contributed by atoms with Crippen molar-refractivity contribution in [1.82, 2.24) is 10.2 Å². The number of piperidine rings is 1. The van der Waals surface area contributed by atoms with Crippen LogP contribution in [0.1, 0.15) is 19.8 Å². The van der Waals surface area contributed by atoms with E-state index in [9.17, 15) is 9.59 Å². The summed E-state index contributed by atoms with van der Waals surface area (Å²) in [4.78, 5) is 24.1. The third kappa shape index (κ3) is 4.16. The van der Waals surface area contributed by atoms with Crippen molar-refractivity contribution < 1.29 is 9.59 Å². The van der Waals surface area contributed by atoms with Gasteiger partial charge in [-0.1, -0.05) is 0 Å². The molecule has 0 aliphatic carbocycles. The summed E-state index contributed by atoms with van der Waals surface area (Å²) in [6.07, 6.45) is 1.68. The van der Waals surface area contributed by atoms with Gasteiger partial charge in [-0.25, -0.2) is 0 Å². The highest BCUT2D eigenvalue weighted by molar-refractivity contribution is 5.81. The number of rotatable bonds is 4. The second-order valence-electron chi connectivity index (χ2n) is 4.31. The molecule has 0 aromatic heterocycles. The molecule has 0 radical (unpaired) electrons. The van der Waals surface area contributed by atoms with Crippen LogP contribution in [0.4, 0.5) is 0 Å². The molecule has 0 unspecified atom stereocenters. The lowest BCUT2D eigenvalue weighted by Gasteiger charge is -2.31. The molecule has 1 aliphatic heterocycles. The summed E-state index contributed by atoms with van der Waals surface area (Å²) in [5.74, 6) is -0.425. The SMILES string of the molecule is C[C@H](N)C(=O)NC1CCN(CC(N)=O)CC1. The Morgan fingerprint density at radius 1 is 1.44 bits per heavy atom. The van der Waals surface area contributed by atoms with Crippen LogP contribution in [-0.2, 0) is 9.59 Å². The molecule has 16 heavy (non-hydrogen) atoms. The predicted molar refractivity (Wildman–Crippen MR) is 60.4 cm³/mol. The third-order valence-electron chi connectivity index (χ3n) is 2.73. The molecule has 0 bridgehead atoms. The number of amides is 2. The Kier molecular flexibility index (Phi) is 4.70. The maximum absolute atomic E-state index is 11.3. The van der Waals surface area contributed by atoms with Crippen molar-refractivity contribution in [2.45, 2.75) is 31.8 Å². The first kappa shape index (κ1) is 12.9. The Morgan fingerprint density at radius 2 is 2.00 bits per heavy atom. The van der Waals surface area contributed by atoms with E-state index in [1.165, 1.54) is 0 Å². The lowest BCUT2D eigenvalue weighted by atomic mass is 10.0. The molecular weight excluding hydrogens is 208 g/mol. The lowest BCUT2D eigenvalue weighted by Crippen LogP contribution is -2.49. The number of likely N-dealkylation sites (tertiary alicyclic amines) is 1. The zero-order chi connectivity index (χ0) is 12.1. The highest BCUT2D eigenvalue weighted by Crippen LogP contribution is 2.09. The summed E-state index contributed by atoms with van der Waals surface area (Å²) in [7, 11) is 0. The molecule has 0 spiro atoms. The molecule has 6 nitrogen and oxygen atoms in total. The van der Waals surface area contributed by atoms with Crippen LogP contribution in [-0.4, -0.2) is 48.4 Å². The minimum absolute atomic E-state index is 0.117. The molecule has 5 N–H and O–H groups in total. The van der Waals surface area contributed by atoms with Crippen molar-refractivity contribution in [2.24, 2.45) is 11.5 Å². The summed E-state index contributed by atoms with van der Waals surface area (Å²) in [6.45, 7) is 3.53. The second kappa shape index (κ2) is 5.81. The maximum Gasteiger partial charge on any atom is 0.236 e. The Labute approximate surface area is 95.3 Å². The molecule has 0 aromatic rings. The monoisotopic (exact) mass is 228 g/mol. The van der Waals surface area contributed by atoms with Gasteiger partial charge in [0.15, 0.2) is 0 Å². The van der Waals surface area contributed by atoms with E-state index in [0.29, 0.717) is 6.54 Å². The minimum atomic E-state index is -0.469. The van der Waals surface area contributed by atoms with Gasteiger partial charge in [0.1, 0.15) is 0 Å². The molecule has 1 atom stereocenters. The third-order valence-corrected chi connectivity index (χ3v) is 2.73. The van der Waals surface area contributed by atoms with Gasteiger partial charge in [-0.3, -0.25) is 14.5 Å². The average molecular weight is 228 g/mol. The maximum atomic E-state index is 11.3. The zero-order valence-electron chi connectivity index (χ0n) is 9.61. The van der Waals surface area contributed by atoms with Gasteiger partial charge >= 0.3 is 0 Å². The van der Waals surface area contributed by atoms with E-state index in [1.807, 2.05) is 4.90 Å². The van der Waals surface area contributed by atoms with Gasteiger partial charge in [-0.05, 0) is 19.8 Å². The van der Waals surface area contributed by atoms with Gasteiger partial charge in [-0.15, -0.1) is 0 Å². The molecule has 1 heterocycles. The molecule has 1 fully saturated rings. The number of nitrogens with zero attached hydrogens (tertiary/aromatic N) is 1. The lowest BCUT2D eigenvalue weighted by molar-refractivity contribution is -0.123. The number of hydrogen-bond acceptors (Lipinski definition) is 4. The number of nitrogens with two attached hydrogens (primary N) is 2. The Hall–Kier alpha value is -1.14. The van der Waals surface area contributed by atoms with Crippen molar-refractivity contribution >= 4 is 11.8 Å². The Balaban J connectivity index is 2.27. The number of nitrogens with one attached hydrogen (secondary N) is 1. The summed E-state index contributed by atoms with van der Waals surface area (Å²) in [5.41, 5.74) is 10.6. The van der Waals surface area contributed by atoms with Gasteiger partial charge < -0.3 is 16.8 Å². The molecule has 1 aliphatic rings. The average Bonchev–Trinajstić information content (AvgIpc) is 2.20. The molecule has 6 heteroatoms. The molecule has 0 saturated carbocycles. The topological polar surface area (TPSA) is 101 Å². The van der Waals surface area contributed by atoms with Crippen molar-refractivity contribution in [1.29, 1.82) is 0 Å². The van der Waals surface area contributed by atoms with E-state index >= 15 is 0 Å². The van der Waals surface area contributed by atoms with E-state index in [-0.39, 0.29) is 17.9 Å². The molecule has 1 saturated heterocycles. The van der Waals surface area contributed by atoms with E-state index in [4.69, 9.17) is 11.5 Å². The van der Waals surface area contributed by atoms with Gasteiger partial charge in [0.25, 0.3) is 0 Å². The number of primary amides is 1. The first-order chi connectivity index (χ1) is 7.49. The fourth-order valence-electron chi connectivity index (χ4n) is 1.79. The van der Waals surface area contributed by atoms with Crippen LogP contribution in [0.3, 0.4) is 0 Å². The van der Waals surface area contributed by atoms with E-state index in [2.05, 4.69) is 5.32 Å². The van der Waals surface area contributed by atoms with Crippen LogP contribution < -0.4 is 16.8 Å². The van der Waals surface area contributed by atoms with E-state index in [0.717, 1.165) is 25.9 Å². The highest BCUT2D eigenvalue weighted by atomic mass is 16.2. The van der Waals surface area contributed by atoms with Crippen molar-refractivity contribution in [3.8, 4) is 0 Å². The number of hydrogen-bond donors (Lipinski definition) is 3. The molecule has 0 aromatic carbocycles. The highest BCUT2D eigenvalue weighted by Gasteiger charge is 2.22. The van der Waals surface area contributed by atoms with Gasteiger partial charge in [0.2, 0.25) is 11.8 Å². The summed E-state index contributed by atoms with van der Waals surface area (Å²) in [6, 6.07) is -0.300. The summed E-state index contributed by atoms with van der Waals surface area (Å²) in [5, 5.41) is 2.89. The van der Waals surface area contributed by atoms with Gasteiger partial charge in [0, 0.05) is 19.1 Å². The number of carbonyl (C=O) groups excluding carboxylic acids is 2. The molecule has 92 valence electrons. The van der Waals surface area contributed by atoms with Gasteiger partial charge in [-0.2, -0.15) is 0 Å². The summed E-state index contributed by atoms with van der Waals surface area (Å²) < 4.78 is 0. The molecule has 2 amide bonds. The fourth-order valence-corrected chi connectivity index (χ4v) is 1.79. The van der Waals surface area contributed by atoms with E-state index in [1.54, 1.807) is 6.92 Å². The largest absolute Gasteiger partial charge is 0.369 e. The second-order valence-corrected chi connectivity index (χ2v) is 4.31. The zero-order valence-corrected chi connectivity index (χ0v) is 9.61. The fraction of sp³-hybridized carbons (Fsp3) is 0.800. The quantitative estimate of drug-likeness (QED) is 0.539. The van der Waals surface area contributed by atoms with Crippen LogP contribution in [0.25, 0.3) is 0 Å². The van der Waals surface area contributed by atoms with Crippen molar-refractivity contribution in [3.05, 3.63) is 0 Å². The standard InChI is InChI=1S/C10H20N4O2/c1-7(11)10(16)13-8-2-4-14(5-3-8)6-9(12)15/h7-8H,2-6,11H2,1H3,(H2,12,15)(H,13,16)/t7-/m0/s1. The van der Waals surface area contributed by atoms with Crippen molar-refractivity contribution in [2.75, 3.05) is 19.6 Å². The Morgan fingerprint density at radius 3 is 2.44 bits per heavy atom. The normalized spacial score (nSPS) is 20.4. The van der Waals surface area contributed by atoms with Crippen molar-refractivity contribution in [3.63, 3.8) is 0 Å². The Bertz CT molecular complexity index is 260. The van der Waals surface area contributed by atoms with Crippen LogP contribution >= 0.6 is 0 Å². The summed E-state index contributed by atoms with van der Waals surface area (Å²) >= 11 is 0. The molecular formula is C10H20N4O2. The van der Waals surface area contributed by atoms with Crippen LogP contribution in [0.2, 0.25) is 0 Å². The van der Waals surface area contributed by atoms with Crippen LogP contribution in [0.5, 0.6) is 0 Å². The van der Waals surface area contributed by atoms with E-state index < -0.39 is 6.04 Å². The number of carbonyl (C=O) groups is 2. The first-order valence-corrected chi connectivity index (χ1v) is 5.55. The first-order valence-electron chi connectivity index (χ1n) is 5.55.